The Balaban J connectivity index is 1.53. The van der Waals surface area contributed by atoms with Gasteiger partial charge in [-0.25, -0.2) is 13.8 Å². The number of aliphatic hydroxyl groups is 1. The molecule has 0 unspecified atom stereocenters. The highest BCUT2D eigenvalue weighted by atomic mass is 35.5. The smallest absolute Gasteiger partial charge is 0.253 e. The lowest BCUT2D eigenvalue weighted by molar-refractivity contribution is 0.0539. The average molecular weight is 586 g/mol. The Bertz CT molecular complexity index is 1450. The first-order valence-electron chi connectivity index (χ1n) is 13.7. The van der Waals surface area contributed by atoms with E-state index in [1.165, 1.54) is 12.3 Å². The molecule has 8 nitrogen and oxygen atoms in total. The molecular formula is C30H30ClF2N3O5. The second-order valence-electron chi connectivity index (χ2n) is 10.5. The van der Waals surface area contributed by atoms with Gasteiger partial charge in [-0.05, 0) is 31.4 Å². The van der Waals surface area contributed by atoms with Gasteiger partial charge in [0, 0.05) is 42.0 Å². The summed E-state index contributed by atoms with van der Waals surface area (Å²) in [7, 11) is 0. The SMILES string of the molecule is O=C(N[C@@H]1CCOC1)c1cnc(OCCO)c(F)c1-c1c(Cl)c(F)cc2c1C[C@](c1ccccc1)([C@@H]1CCCN1)O2. The molecule has 11 heteroatoms. The summed E-state index contributed by atoms with van der Waals surface area (Å²) in [5.74, 6) is -2.61. The molecule has 3 aromatic rings. The summed E-state index contributed by atoms with van der Waals surface area (Å²) in [6.45, 7) is 1.03. The number of pyridine rings is 1. The Labute approximate surface area is 241 Å². The molecule has 1 amide bonds. The van der Waals surface area contributed by atoms with Gasteiger partial charge in [0.2, 0.25) is 0 Å². The average Bonchev–Trinajstić information content (AvgIpc) is 3.76. The number of benzene rings is 2. The van der Waals surface area contributed by atoms with Gasteiger partial charge < -0.3 is 30.0 Å². The third-order valence-corrected chi connectivity index (χ3v) is 8.35. The van der Waals surface area contributed by atoms with Gasteiger partial charge in [0.1, 0.15) is 18.2 Å². The van der Waals surface area contributed by atoms with Crippen LogP contribution in [0.5, 0.6) is 11.6 Å². The fourth-order valence-electron chi connectivity index (χ4n) is 6.06. The molecule has 3 N–H and O–H groups in total. The van der Waals surface area contributed by atoms with Gasteiger partial charge in [-0.2, -0.15) is 0 Å². The van der Waals surface area contributed by atoms with Gasteiger partial charge in [-0.15, -0.1) is 0 Å². The Morgan fingerprint density at radius 2 is 2.07 bits per heavy atom. The maximum absolute atomic E-state index is 16.3. The van der Waals surface area contributed by atoms with Gasteiger partial charge in [-0.3, -0.25) is 4.79 Å². The number of nitrogens with zero attached hydrogens (tertiary/aromatic N) is 1. The molecular weight excluding hydrogens is 556 g/mol. The van der Waals surface area contributed by atoms with E-state index in [0.29, 0.717) is 25.2 Å². The zero-order chi connectivity index (χ0) is 28.6. The second-order valence-corrected chi connectivity index (χ2v) is 10.9. The molecule has 0 radical (unpaired) electrons. The van der Waals surface area contributed by atoms with Crippen molar-refractivity contribution in [1.29, 1.82) is 0 Å². The number of nitrogens with one attached hydrogen (secondary N) is 2. The Hall–Kier alpha value is -3.31. The first-order valence-corrected chi connectivity index (χ1v) is 14.1. The Morgan fingerprint density at radius 1 is 1.24 bits per heavy atom. The summed E-state index contributed by atoms with van der Waals surface area (Å²) in [4.78, 5) is 17.5. The molecule has 2 aromatic carbocycles. The number of hydrogen-bond donors (Lipinski definition) is 3. The molecule has 216 valence electrons. The monoisotopic (exact) mass is 585 g/mol. The predicted octanol–water partition coefficient (Wildman–Crippen LogP) is 4.15. The molecule has 3 atom stereocenters. The topological polar surface area (TPSA) is 102 Å². The third-order valence-electron chi connectivity index (χ3n) is 7.98. The van der Waals surface area contributed by atoms with Crippen molar-refractivity contribution in [3.8, 4) is 22.8 Å². The Morgan fingerprint density at radius 3 is 2.78 bits per heavy atom. The summed E-state index contributed by atoms with van der Waals surface area (Å²) < 4.78 is 49.1. The van der Waals surface area contributed by atoms with Gasteiger partial charge >= 0.3 is 0 Å². The van der Waals surface area contributed by atoms with Crippen molar-refractivity contribution in [2.75, 3.05) is 33.0 Å². The quantitative estimate of drug-likeness (QED) is 0.365. The van der Waals surface area contributed by atoms with E-state index in [-0.39, 0.29) is 59.2 Å². The highest BCUT2D eigenvalue weighted by molar-refractivity contribution is 6.34. The number of carbonyl (C=O) groups is 1. The van der Waals surface area contributed by atoms with Crippen LogP contribution in [0.1, 0.15) is 40.7 Å². The number of rotatable bonds is 8. The normalized spacial score (nSPS) is 23.3. The van der Waals surface area contributed by atoms with E-state index in [1.54, 1.807) is 0 Å². The largest absolute Gasteiger partial charge is 0.480 e. The molecule has 1 aromatic heterocycles. The van der Waals surface area contributed by atoms with E-state index in [2.05, 4.69) is 15.6 Å². The molecule has 0 bridgehead atoms. The van der Waals surface area contributed by atoms with Crippen molar-refractivity contribution in [1.82, 2.24) is 15.6 Å². The number of ether oxygens (including phenoxy) is 3. The molecule has 0 aliphatic carbocycles. The molecule has 6 rings (SSSR count). The standard InChI is InChI=1S/C30H30ClF2N3O5/c31-26-21(32)13-22-19(14-30(41-22,23-7-4-9-34-23)17-5-2-1-3-6-17)24(26)25-20(28(38)36-18-8-11-39-16-18)15-35-29(27(25)33)40-12-10-37/h1-3,5-6,13,15,18,23,34,37H,4,7-12,14,16H2,(H,36,38)/t18-,23+,30+/m1/s1. The molecule has 2 saturated heterocycles. The van der Waals surface area contributed by atoms with Gasteiger partial charge in [0.05, 0.1) is 35.9 Å². The van der Waals surface area contributed by atoms with Crippen molar-refractivity contribution < 1.29 is 32.9 Å². The summed E-state index contributed by atoms with van der Waals surface area (Å²) in [6.07, 6.45) is 3.82. The number of halogens is 3. The maximum Gasteiger partial charge on any atom is 0.253 e. The van der Waals surface area contributed by atoms with Gasteiger partial charge in [-0.1, -0.05) is 41.9 Å². The van der Waals surface area contributed by atoms with E-state index in [9.17, 15) is 9.90 Å². The fraction of sp³-hybridized carbons (Fsp3) is 0.400. The summed E-state index contributed by atoms with van der Waals surface area (Å²) in [6, 6.07) is 10.5. The molecule has 3 aliphatic rings. The minimum absolute atomic E-state index is 0.0130. The molecule has 0 saturated carbocycles. The molecule has 2 fully saturated rings. The maximum atomic E-state index is 16.3. The second kappa shape index (κ2) is 11.5. The first-order chi connectivity index (χ1) is 19.9. The van der Waals surface area contributed by atoms with Crippen LogP contribution in [0, 0.1) is 11.6 Å². The highest BCUT2D eigenvalue weighted by Gasteiger charge is 2.50. The van der Waals surface area contributed by atoms with Crippen molar-refractivity contribution in [2.45, 2.75) is 43.4 Å². The zero-order valence-corrected chi connectivity index (χ0v) is 23.0. The van der Waals surface area contributed by atoms with E-state index < -0.39 is 29.0 Å². The lowest BCUT2D eigenvalue weighted by Gasteiger charge is -2.35. The first kappa shape index (κ1) is 27.8. The summed E-state index contributed by atoms with van der Waals surface area (Å²) >= 11 is 6.62. The molecule has 0 spiro atoms. The molecule has 41 heavy (non-hydrogen) atoms. The number of amides is 1. The highest BCUT2D eigenvalue weighted by Crippen LogP contribution is 2.52. The number of aliphatic hydroxyl groups excluding tert-OH is 1. The Kier molecular flexibility index (Phi) is 7.82. The van der Waals surface area contributed by atoms with Crippen LogP contribution in [0.25, 0.3) is 11.1 Å². The van der Waals surface area contributed by atoms with E-state index in [1.807, 2.05) is 30.3 Å². The van der Waals surface area contributed by atoms with E-state index >= 15 is 8.78 Å². The number of fused-ring (bicyclic) bond motifs is 1. The number of carbonyl (C=O) groups excluding carboxylic acids is 1. The number of aromatic nitrogens is 1. The van der Waals surface area contributed by atoms with E-state index in [0.717, 1.165) is 24.9 Å². The summed E-state index contributed by atoms with van der Waals surface area (Å²) in [5.41, 5.74) is 0.104. The van der Waals surface area contributed by atoms with E-state index in [4.69, 9.17) is 25.8 Å². The van der Waals surface area contributed by atoms with Gasteiger partial charge in [0.15, 0.2) is 11.4 Å². The predicted molar refractivity (Wildman–Crippen MR) is 147 cm³/mol. The fourth-order valence-corrected chi connectivity index (χ4v) is 6.33. The molecule has 4 heterocycles. The third kappa shape index (κ3) is 5.03. The minimum atomic E-state index is -0.986. The summed E-state index contributed by atoms with van der Waals surface area (Å²) in [5, 5.41) is 15.3. The zero-order valence-electron chi connectivity index (χ0n) is 22.2. The van der Waals surface area contributed by atoms with Gasteiger partial charge in [0.25, 0.3) is 11.8 Å². The van der Waals surface area contributed by atoms with Crippen LogP contribution in [-0.4, -0.2) is 61.1 Å². The number of hydrogen-bond acceptors (Lipinski definition) is 7. The minimum Gasteiger partial charge on any atom is -0.480 e. The van der Waals surface area contributed by atoms with Crippen LogP contribution in [-0.2, 0) is 16.8 Å². The van der Waals surface area contributed by atoms with Crippen LogP contribution >= 0.6 is 11.6 Å². The van der Waals surface area contributed by atoms with Crippen molar-refractivity contribution in [3.63, 3.8) is 0 Å². The van der Waals surface area contributed by atoms with Crippen LogP contribution in [0.15, 0.2) is 42.6 Å². The van der Waals surface area contributed by atoms with Crippen LogP contribution in [0.3, 0.4) is 0 Å². The lowest BCUT2D eigenvalue weighted by Crippen LogP contribution is -2.48. The van der Waals surface area contributed by atoms with Crippen molar-refractivity contribution in [3.05, 3.63) is 75.9 Å². The van der Waals surface area contributed by atoms with Crippen LogP contribution < -0.4 is 20.1 Å². The lowest BCUT2D eigenvalue weighted by atomic mass is 9.80. The van der Waals surface area contributed by atoms with Crippen LogP contribution in [0.2, 0.25) is 5.02 Å². The molecule has 3 aliphatic heterocycles. The van der Waals surface area contributed by atoms with Crippen molar-refractivity contribution in [2.24, 2.45) is 0 Å². The van der Waals surface area contributed by atoms with Crippen LogP contribution in [0.4, 0.5) is 8.78 Å². The van der Waals surface area contributed by atoms with Crippen molar-refractivity contribution >= 4 is 17.5 Å².